The molecule has 0 aliphatic carbocycles. The van der Waals surface area contributed by atoms with E-state index in [1.807, 2.05) is 6.07 Å². The molecule has 0 saturated heterocycles. The topological polar surface area (TPSA) is 12.0 Å². The van der Waals surface area contributed by atoms with Gasteiger partial charge in [0.2, 0.25) is 0 Å². The highest BCUT2D eigenvalue weighted by atomic mass is 79.9. The van der Waals surface area contributed by atoms with Gasteiger partial charge in [-0.3, -0.25) is 0 Å². The maximum absolute atomic E-state index is 13.7. The van der Waals surface area contributed by atoms with E-state index in [-0.39, 0.29) is 11.1 Å². The molecule has 1 nitrogen and oxygen atoms in total. The molecule has 0 radical (unpaired) electrons. The molecule has 2 aromatic rings. The molecule has 1 unspecified atom stereocenters. The number of benzene rings is 1. The van der Waals surface area contributed by atoms with Crippen molar-refractivity contribution in [2.24, 2.45) is 0 Å². The summed E-state index contributed by atoms with van der Waals surface area (Å²) >= 11 is 14.4. The van der Waals surface area contributed by atoms with Crippen LogP contribution >= 0.6 is 54.8 Å². The Morgan fingerprint density at radius 2 is 2.10 bits per heavy atom. The zero-order valence-electron chi connectivity index (χ0n) is 10.7. The van der Waals surface area contributed by atoms with Crippen molar-refractivity contribution >= 4 is 54.8 Å². The summed E-state index contributed by atoms with van der Waals surface area (Å²) in [6.07, 6.45) is 1.01. The van der Waals surface area contributed by atoms with E-state index in [2.05, 4.69) is 50.2 Å². The van der Waals surface area contributed by atoms with Crippen LogP contribution in [0.4, 0.5) is 4.39 Å². The molecule has 0 amide bonds. The number of rotatable bonds is 5. The molecule has 1 heterocycles. The molecule has 0 fully saturated rings. The van der Waals surface area contributed by atoms with E-state index in [9.17, 15) is 4.39 Å². The van der Waals surface area contributed by atoms with E-state index >= 15 is 0 Å². The molecule has 0 aliphatic rings. The number of halogens is 4. The summed E-state index contributed by atoms with van der Waals surface area (Å²) in [7, 11) is 0. The lowest BCUT2D eigenvalue weighted by atomic mass is 10.0. The van der Waals surface area contributed by atoms with Gasteiger partial charge in [-0.25, -0.2) is 4.39 Å². The van der Waals surface area contributed by atoms with Crippen molar-refractivity contribution < 1.29 is 4.39 Å². The van der Waals surface area contributed by atoms with Gasteiger partial charge < -0.3 is 5.32 Å². The molecule has 0 spiro atoms. The molecule has 0 bridgehead atoms. The van der Waals surface area contributed by atoms with Crippen LogP contribution in [0.25, 0.3) is 0 Å². The minimum Gasteiger partial charge on any atom is -0.306 e. The third-order valence-electron chi connectivity index (χ3n) is 2.87. The standard InChI is InChI=1S/C14H13Br2ClFNS/c1-2-5-19-13(9-7-12(15)20-14(9)16)8-3-4-10(17)11(18)6-8/h3-4,6-7,13,19H,2,5H2,1H3. The van der Waals surface area contributed by atoms with E-state index in [0.717, 1.165) is 31.7 Å². The van der Waals surface area contributed by atoms with Crippen molar-refractivity contribution in [3.8, 4) is 0 Å². The lowest BCUT2D eigenvalue weighted by molar-refractivity contribution is 0.585. The molecule has 0 aliphatic heterocycles. The highest BCUT2D eigenvalue weighted by Gasteiger charge is 2.19. The first-order valence-corrected chi connectivity index (χ1v) is 8.94. The highest BCUT2D eigenvalue weighted by molar-refractivity contribution is 9.12. The number of hydrogen-bond acceptors (Lipinski definition) is 2. The van der Waals surface area contributed by atoms with Gasteiger partial charge in [-0.2, -0.15) is 0 Å². The molecule has 108 valence electrons. The smallest absolute Gasteiger partial charge is 0.142 e. The summed E-state index contributed by atoms with van der Waals surface area (Å²) < 4.78 is 15.8. The minimum absolute atomic E-state index is 0.0568. The second-order valence-electron chi connectivity index (χ2n) is 4.34. The molecule has 1 aromatic carbocycles. The fourth-order valence-corrected chi connectivity index (χ4v) is 4.96. The van der Waals surface area contributed by atoms with E-state index in [1.54, 1.807) is 17.4 Å². The van der Waals surface area contributed by atoms with E-state index in [1.165, 1.54) is 6.07 Å². The van der Waals surface area contributed by atoms with E-state index < -0.39 is 5.82 Å². The van der Waals surface area contributed by atoms with Gasteiger partial charge in [-0.1, -0.05) is 24.6 Å². The molecule has 1 N–H and O–H groups in total. The third kappa shape index (κ3) is 3.83. The van der Waals surface area contributed by atoms with Crippen molar-refractivity contribution in [3.63, 3.8) is 0 Å². The minimum atomic E-state index is -0.391. The monoisotopic (exact) mass is 439 g/mol. The van der Waals surface area contributed by atoms with Crippen molar-refractivity contribution in [2.75, 3.05) is 6.54 Å². The van der Waals surface area contributed by atoms with Crippen LogP contribution in [0.1, 0.15) is 30.5 Å². The lowest BCUT2D eigenvalue weighted by Gasteiger charge is -2.19. The Hall–Kier alpha value is 0.0600. The zero-order valence-corrected chi connectivity index (χ0v) is 15.5. The van der Waals surface area contributed by atoms with Crippen LogP contribution < -0.4 is 5.32 Å². The number of thiophene rings is 1. The van der Waals surface area contributed by atoms with Gasteiger partial charge in [-0.15, -0.1) is 11.3 Å². The summed E-state index contributed by atoms with van der Waals surface area (Å²) in [5, 5.41) is 3.60. The Morgan fingerprint density at radius 3 is 2.65 bits per heavy atom. The highest BCUT2D eigenvalue weighted by Crippen LogP contribution is 2.38. The van der Waals surface area contributed by atoms with Crippen LogP contribution in [0.3, 0.4) is 0 Å². The van der Waals surface area contributed by atoms with Crippen molar-refractivity contribution in [1.82, 2.24) is 5.32 Å². The second kappa shape index (κ2) is 7.36. The first-order valence-electron chi connectivity index (χ1n) is 6.16. The Labute approximate surface area is 143 Å². The van der Waals surface area contributed by atoms with Gasteiger partial charge >= 0.3 is 0 Å². The van der Waals surface area contributed by atoms with Crippen LogP contribution in [-0.4, -0.2) is 6.54 Å². The maximum Gasteiger partial charge on any atom is 0.142 e. The van der Waals surface area contributed by atoms with E-state index in [4.69, 9.17) is 11.6 Å². The molecular formula is C14H13Br2ClFNS. The SMILES string of the molecule is CCCNC(c1ccc(Cl)c(F)c1)c1cc(Br)sc1Br. The van der Waals surface area contributed by atoms with Crippen LogP contribution in [0.2, 0.25) is 5.02 Å². The summed E-state index contributed by atoms with van der Waals surface area (Å²) in [4.78, 5) is 0. The van der Waals surface area contributed by atoms with Crippen LogP contribution in [-0.2, 0) is 0 Å². The predicted octanol–water partition coefficient (Wildman–Crippen LogP) is 6.15. The normalized spacial score (nSPS) is 12.7. The number of nitrogens with one attached hydrogen (secondary N) is 1. The number of hydrogen-bond donors (Lipinski definition) is 1. The average molecular weight is 442 g/mol. The zero-order chi connectivity index (χ0) is 14.7. The lowest BCUT2D eigenvalue weighted by Crippen LogP contribution is -2.23. The van der Waals surface area contributed by atoms with Gasteiger partial charge in [0.05, 0.1) is 18.6 Å². The predicted molar refractivity (Wildman–Crippen MR) is 91.3 cm³/mol. The van der Waals surface area contributed by atoms with Gasteiger partial charge in [0.1, 0.15) is 5.82 Å². The van der Waals surface area contributed by atoms with Crippen molar-refractivity contribution in [3.05, 3.63) is 53.8 Å². The average Bonchev–Trinajstić information content (AvgIpc) is 2.73. The van der Waals surface area contributed by atoms with Gasteiger partial charge in [-0.05, 0) is 74.2 Å². The molecule has 6 heteroatoms. The molecule has 1 aromatic heterocycles. The summed E-state index contributed by atoms with van der Waals surface area (Å²) in [6.45, 7) is 2.96. The first-order chi connectivity index (χ1) is 9.52. The molecule has 1 atom stereocenters. The van der Waals surface area contributed by atoms with Crippen LogP contribution in [0.15, 0.2) is 31.8 Å². The van der Waals surface area contributed by atoms with E-state index in [0.29, 0.717) is 0 Å². The maximum atomic E-state index is 13.7. The van der Waals surface area contributed by atoms with Crippen LogP contribution in [0.5, 0.6) is 0 Å². The molecular weight excluding hydrogens is 428 g/mol. The molecule has 2 rings (SSSR count). The summed E-state index contributed by atoms with van der Waals surface area (Å²) in [6, 6.07) is 6.94. The third-order valence-corrected chi connectivity index (χ3v) is 5.56. The van der Waals surface area contributed by atoms with Gasteiger partial charge in [0, 0.05) is 0 Å². The van der Waals surface area contributed by atoms with Crippen LogP contribution in [0, 0.1) is 5.82 Å². The fraction of sp³-hybridized carbons (Fsp3) is 0.286. The largest absolute Gasteiger partial charge is 0.306 e. The summed E-state index contributed by atoms with van der Waals surface area (Å²) in [5.41, 5.74) is 1.96. The van der Waals surface area contributed by atoms with Gasteiger partial charge in [0.15, 0.2) is 0 Å². The van der Waals surface area contributed by atoms with Crippen molar-refractivity contribution in [2.45, 2.75) is 19.4 Å². The Kier molecular flexibility index (Phi) is 6.05. The quantitative estimate of drug-likeness (QED) is 0.586. The second-order valence-corrected chi connectivity index (χ2v) is 8.50. The molecule has 20 heavy (non-hydrogen) atoms. The Bertz CT molecular complexity index is 603. The fourth-order valence-electron chi connectivity index (χ4n) is 1.94. The molecule has 0 saturated carbocycles. The van der Waals surface area contributed by atoms with Gasteiger partial charge in [0.25, 0.3) is 0 Å². The Morgan fingerprint density at radius 1 is 1.35 bits per heavy atom. The first kappa shape index (κ1) is 16.4. The summed E-state index contributed by atoms with van der Waals surface area (Å²) in [5.74, 6) is -0.391. The Balaban J connectivity index is 2.41. The van der Waals surface area contributed by atoms with Crippen molar-refractivity contribution in [1.29, 1.82) is 0 Å².